The second-order valence-corrected chi connectivity index (χ2v) is 9.33. The fourth-order valence-corrected chi connectivity index (χ4v) is 3.12. The molecule has 0 N–H and O–H groups in total. The van der Waals surface area contributed by atoms with E-state index in [2.05, 4.69) is 0 Å². The third-order valence-electron chi connectivity index (χ3n) is 5.60. The molecule has 49 heavy (non-hydrogen) atoms. The van der Waals surface area contributed by atoms with E-state index in [0.29, 0.717) is 0 Å². The Kier molecular flexibility index (Phi) is 30.6. The topological polar surface area (TPSA) is 194 Å². The zero-order valence-electron chi connectivity index (χ0n) is 27.0. The van der Waals surface area contributed by atoms with Gasteiger partial charge >= 0.3 is 31.1 Å². The molecule has 0 saturated heterocycles. The van der Waals surface area contributed by atoms with E-state index in [4.69, 9.17) is 28.4 Å². The van der Waals surface area contributed by atoms with Crippen molar-refractivity contribution in [1.82, 2.24) is 0 Å². The molecule has 0 saturated carbocycles. The Morgan fingerprint density at radius 1 is 0.265 bits per heavy atom. The second-order valence-electron chi connectivity index (χ2n) is 9.33. The molecule has 0 aliphatic carbocycles. The van der Waals surface area contributed by atoms with Crippen LogP contribution in [0.15, 0.2) is 147 Å². The Bertz CT molecular complexity index is 934. The van der Waals surface area contributed by atoms with Crippen molar-refractivity contribution in [2.24, 2.45) is 0 Å². The van der Waals surface area contributed by atoms with Gasteiger partial charge in [-0.2, -0.15) is 0 Å². The minimum atomic E-state index is -0.236. The van der Waals surface area contributed by atoms with Crippen molar-refractivity contribution in [3.05, 3.63) is 147 Å². The summed E-state index contributed by atoms with van der Waals surface area (Å²) >= 11 is 0. The minimum absolute atomic E-state index is 0. The summed E-state index contributed by atoms with van der Waals surface area (Å²) in [4.78, 5) is 0. The largest absolute Gasteiger partial charge is 6.00 e. The summed E-state index contributed by atoms with van der Waals surface area (Å²) < 4.78 is 29.1. The van der Waals surface area contributed by atoms with Gasteiger partial charge in [0.1, 0.15) is 36.6 Å². The van der Waals surface area contributed by atoms with Crippen LogP contribution < -0.4 is 30.6 Å². The van der Waals surface area contributed by atoms with Crippen LogP contribution in [-0.2, 0) is 28.4 Å². The first-order chi connectivity index (χ1) is 23.6. The van der Waals surface area contributed by atoms with Gasteiger partial charge in [-0.3, -0.25) is 0 Å². The maximum absolute atomic E-state index is 10.1. The number of ether oxygens (including phenoxy) is 6. The molecule has 0 radical (unpaired) electrons. The molecule has 0 spiro atoms. The molecule has 0 amide bonds. The van der Waals surface area contributed by atoms with Crippen LogP contribution >= 0.6 is 0 Å². The van der Waals surface area contributed by atoms with Gasteiger partial charge in [-0.05, 0) is 72.9 Å². The molecule has 6 rings (SSSR count). The average Bonchev–Trinajstić information content (AvgIpc) is 3.21. The zero-order valence-corrected chi connectivity index (χ0v) is 31.1. The summed E-state index contributed by atoms with van der Waals surface area (Å²) in [5, 5.41) is 60.4. The zero-order chi connectivity index (χ0) is 34.9. The molecule has 0 aromatic rings. The van der Waals surface area contributed by atoms with Gasteiger partial charge in [0, 0.05) is 0 Å². The smallest absolute Gasteiger partial charge is 0.852 e. The molecule has 13 heteroatoms. The van der Waals surface area contributed by atoms with Crippen molar-refractivity contribution >= 4 is 0 Å². The molecule has 0 bridgehead atoms. The summed E-state index contributed by atoms with van der Waals surface area (Å²) in [5.74, 6) is 0. The standard InChI is InChI=1S/6C6H7O2.U/c6*7-5-6-3-1-2-4-8-6;/h6*1-4,6H,5H2;/q6*-1;+6. The quantitative estimate of drug-likeness (QED) is 0.313. The molecule has 262 valence electrons. The number of hydrogen-bond donors (Lipinski definition) is 0. The Morgan fingerprint density at radius 2 is 0.408 bits per heavy atom. The van der Waals surface area contributed by atoms with E-state index in [0.717, 1.165) is 0 Å². The first kappa shape index (κ1) is 45.5. The van der Waals surface area contributed by atoms with Gasteiger partial charge in [0.15, 0.2) is 0 Å². The van der Waals surface area contributed by atoms with Crippen LogP contribution in [0.3, 0.4) is 0 Å². The summed E-state index contributed by atoms with van der Waals surface area (Å²) in [6.07, 6.45) is 39.6. The van der Waals surface area contributed by atoms with Crippen molar-refractivity contribution in [3.63, 3.8) is 0 Å². The van der Waals surface area contributed by atoms with Crippen molar-refractivity contribution in [2.45, 2.75) is 36.6 Å². The van der Waals surface area contributed by atoms with Gasteiger partial charge in [-0.1, -0.05) is 76.1 Å². The number of hydrogen-bond acceptors (Lipinski definition) is 12. The van der Waals surface area contributed by atoms with Crippen LogP contribution in [0.5, 0.6) is 0 Å². The van der Waals surface area contributed by atoms with Crippen LogP contribution in [0.4, 0.5) is 0 Å². The molecule has 6 aliphatic heterocycles. The molecular weight excluding hydrogens is 862 g/mol. The first-order valence-corrected chi connectivity index (χ1v) is 15.0. The minimum Gasteiger partial charge on any atom is -0.852 e. The Hall–Kier alpha value is -3.51. The van der Waals surface area contributed by atoms with Gasteiger partial charge in [0.05, 0.1) is 37.6 Å². The van der Waals surface area contributed by atoms with E-state index >= 15 is 0 Å². The van der Waals surface area contributed by atoms with Gasteiger partial charge in [0.25, 0.3) is 0 Å². The van der Waals surface area contributed by atoms with Gasteiger partial charge in [-0.15, -0.1) is 0 Å². The van der Waals surface area contributed by atoms with E-state index in [-0.39, 0.29) is 107 Å². The molecule has 12 nitrogen and oxygen atoms in total. The Labute approximate surface area is 312 Å². The molecule has 6 aliphatic rings. The van der Waals surface area contributed by atoms with Crippen molar-refractivity contribution in [2.75, 3.05) is 39.6 Å². The van der Waals surface area contributed by atoms with E-state index in [1.165, 1.54) is 37.6 Å². The van der Waals surface area contributed by atoms with Crippen molar-refractivity contribution < 1.29 is 90.2 Å². The number of allylic oxidation sites excluding steroid dienone is 12. The summed E-state index contributed by atoms with van der Waals surface area (Å²) in [6.45, 7) is -1.16. The molecule has 0 fully saturated rings. The Balaban J connectivity index is 0.000000562. The van der Waals surface area contributed by atoms with Gasteiger partial charge < -0.3 is 59.1 Å². The maximum atomic E-state index is 10.1. The summed E-state index contributed by atoms with van der Waals surface area (Å²) in [7, 11) is 0. The van der Waals surface area contributed by atoms with E-state index < -0.39 is 0 Å². The average molecular weight is 905 g/mol. The normalized spacial score (nSPS) is 24.9. The first-order valence-electron chi connectivity index (χ1n) is 15.0. The molecule has 0 aromatic carbocycles. The van der Waals surface area contributed by atoms with Crippen LogP contribution in [-0.4, -0.2) is 76.3 Å². The van der Waals surface area contributed by atoms with Crippen LogP contribution in [0, 0.1) is 31.1 Å². The monoisotopic (exact) mass is 904 g/mol. The molecular formula is C36H42O12U. The summed E-state index contributed by atoms with van der Waals surface area (Å²) in [6, 6.07) is 0. The SMILES string of the molecule is [O-]CC1C=CC=CO1.[O-]CC1C=CC=CO1.[O-]CC1C=CC=CO1.[O-]CC1C=CC=CO1.[O-]CC1C=CC=CO1.[O-]CC1C=CC=CO1.[U+6]. The van der Waals surface area contributed by atoms with Crippen LogP contribution in [0.2, 0.25) is 0 Å². The third-order valence-corrected chi connectivity index (χ3v) is 5.60. The van der Waals surface area contributed by atoms with E-state index in [9.17, 15) is 30.6 Å². The van der Waals surface area contributed by atoms with Crippen LogP contribution in [0.1, 0.15) is 0 Å². The van der Waals surface area contributed by atoms with E-state index in [1.807, 2.05) is 36.5 Å². The predicted molar refractivity (Wildman–Crippen MR) is 168 cm³/mol. The fraction of sp³-hybridized carbons (Fsp3) is 0.333. The number of rotatable bonds is 6. The summed E-state index contributed by atoms with van der Waals surface area (Å²) in [5.41, 5.74) is 0. The van der Waals surface area contributed by atoms with Gasteiger partial charge in [0.2, 0.25) is 0 Å². The maximum Gasteiger partial charge on any atom is 6.00 e. The second kappa shape index (κ2) is 33.0. The van der Waals surface area contributed by atoms with Gasteiger partial charge in [-0.25, -0.2) is 0 Å². The fourth-order valence-electron chi connectivity index (χ4n) is 3.12. The van der Waals surface area contributed by atoms with Crippen LogP contribution in [0.25, 0.3) is 0 Å². The van der Waals surface area contributed by atoms with E-state index in [1.54, 1.807) is 72.9 Å². The molecule has 0 aromatic heterocycles. The Morgan fingerprint density at radius 3 is 0.469 bits per heavy atom. The molecule has 6 atom stereocenters. The molecule has 6 unspecified atom stereocenters. The molecule has 6 heterocycles. The predicted octanol–water partition coefficient (Wildman–Crippen LogP) is -1.11. The van der Waals surface area contributed by atoms with Crippen molar-refractivity contribution in [1.29, 1.82) is 0 Å². The van der Waals surface area contributed by atoms with Crippen molar-refractivity contribution in [3.8, 4) is 0 Å². The third kappa shape index (κ3) is 25.2.